The molecule has 0 fully saturated rings. The Hall–Kier alpha value is -2.60. The number of nitrogens with zero attached hydrogens (tertiary/aromatic N) is 1. The molecule has 0 aliphatic carbocycles. The summed E-state index contributed by atoms with van der Waals surface area (Å²) in [6.45, 7) is 4.08. The van der Waals surface area contributed by atoms with Gasteiger partial charge in [0.25, 0.3) is 7.82 Å². The smallest absolute Gasteiger partial charge is 0.305 e. The van der Waals surface area contributed by atoms with E-state index in [1.807, 2.05) is 46.3 Å². The highest BCUT2D eigenvalue weighted by atomic mass is 31.2. The van der Waals surface area contributed by atoms with Crippen LogP contribution in [0.4, 0.5) is 0 Å². The van der Waals surface area contributed by atoms with Gasteiger partial charge in [-0.3, -0.25) is 9.36 Å². The summed E-state index contributed by atoms with van der Waals surface area (Å²) in [6, 6.07) is 0. The standard InChI is InChI=1S/C46H80NO10P/c1-6-8-10-11-12-13-14-15-16-17-18-19-20-23-26-30-38-54-43(41-57-58(52,53)56-39-37-47(3,4)5)40-55-46(51)36-31-35-45(50)44(49)34-29-25-22-21-24-28-33-42(48)32-27-9-7-2/h9,13-14,21-22,24-25,27-30,33-34,38,42-45,48-50H,6-8,10-12,15-20,23,26,31-32,35-37,39-41H2,1-5H3/b14-13-,24-21+,25-22-,27-9-,33-28+,34-29-,38-30+/t42-,43-,44+,45+/m1/s1. The molecule has 334 valence electrons. The summed E-state index contributed by atoms with van der Waals surface area (Å²) >= 11 is 0. The Labute approximate surface area is 352 Å². The summed E-state index contributed by atoms with van der Waals surface area (Å²) in [5.74, 6) is -0.550. The zero-order chi connectivity index (χ0) is 43.2. The van der Waals surface area contributed by atoms with Crippen molar-refractivity contribution in [3.8, 4) is 0 Å². The number of rotatable bonds is 38. The van der Waals surface area contributed by atoms with Crippen LogP contribution in [0.1, 0.15) is 129 Å². The van der Waals surface area contributed by atoms with E-state index >= 15 is 0 Å². The van der Waals surface area contributed by atoms with Crippen LogP contribution in [0.2, 0.25) is 0 Å². The van der Waals surface area contributed by atoms with Crippen molar-refractivity contribution in [3.05, 3.63) is 85.3 Å². The van der Waals surface area contributed by atoms with Crippen molar-refractivity contribution in [1.29, 1.82) is 0 Å². The molecule has 0 aromatic heterocycles. The average molecular weight is 838 g/mol. The Kier molecular flexibility index (Phi) is 35.7. The van der Waals surface area contributed by atoms with Crippen LogP contribution in [0.5, 0.6) is 0 Å². The van der Waals surface area contributed by atoms with Gasteiger partial charge in [0.2, 0.25) is 0 Å². The molecule has 0 heterocycles. The first-order valence-electron chi connectivity index (χ1n) is 21.7. The molecule has 0 saturated heterocycles. The van der Waals surface area contributed by atoms with Crippen molar-refractivity contribution in [1.82, 2.24) is 0 Å². The maximum atomic E-state index is 12.5. The lowest BCUT2D eigenvalue weighted by Gasteiger charge is -2.28. The lowest BCUT2D eigenvalue weighted by atomic mass is 10.1. The molecule has 5 atom stereocenters. The summed E-state index contributed by atoms with van der Waals surface area (Å²) in [4.78, 5) is 24.9. The van der Waals surface area contributed by atoms with Gasteiger partial charge in [-0.15, -0.1) is 0 Å². The normalized spacial score (nSPS) is 16.2. The molecule has 0 aromatic rings. The maximum absolute atomic E-state index is 12.5. The van der Waals surface area contributed by atoms with Gasteiger partial charge in [0.05, 0.1) is 52.3 Å². The van der Waals surface area contributed by atoms with Gasteiger partial charge < -0.3 is 43.2 Å². The Morgan fingerprint density at radius 3 is 1.91 bits per heavy atom. The molecule has 3 N–H and O–H groups in total. The van der Waals surface area contributed by atoms with Gasteiger partial charge in [-0.2, -0.15) is 0 Å². The number of aliphatic hydroxyl groups excluding tert-OH is 3. The molecule has 0 radical (unpaired) electrons. The molecule has 11 nitrogen and oxygen atoms in total. The third-order valence-corrected chi connectivity index (χ3v) is 9.83. The lowest BCUT2D eigenvalue weighted by molar-refractivity contribution is -0.870. The van der Waals surface area contributed by atoms with E-state index in [-0.39, 0.29) is 32.5 Å². The van der Waals surface area contributed by atoms with E-state index in [1.54, 1.807) is 42.5 Å². The summed E-state index contributed by atoms with van der Waals surface area (Å²) in [6.07, 6.45) is 39.3. The molecule has 12 heteroatoms. The van der Waals surface area contributed by atoms with Crippen LogP contribution >= 0.6 is 7.82 Å². The summed E-state index contributed by atoms with van der Waals surface area (Å²) < 4.78 is 34.1. The first-order chi connectivity index (χ1) is 27.8. The maximum Gasteiger partial charge on any atom is 0.305 e. The summed E-state index contributed by atoms with van der Waals surface area (Å²) in [7, 11) is 1.15. The van der Waals surface area contributed by atoms with Gasteiger partial charge >= 0.3 is 5.97 Å². The monoisotopic (exact) mass is 838 g/mol. The predicted octanol–water partition coefficient (Wildman–Crippen LogP) is 9.12. The quantitative estimate of drug-likeness (QED) is 0.0104. The number of aliphatic hydroxyl groups is 3. The van der Waals surface area contributed by atoms with E-state index in [2.05, 4.69) is 19.1 Å². The van der Waals surface area contributed by atoms with E-state index in [9.17, 15) is 29.6 Å². The summed E-state index contributed by atoms with van der Waals surface area (Å²) in [5, 5.41) is 30.4. The number of allylic oxidation sites excluding steroid dienone is 10. The van der Waals surface area contributed by atoms with Crippen LogP contribution in [0, 0.1) is 0 Å². The number of hydrogen-bond acceptors (Lipinski definition) is 10. The van der Waals surface area contributed by atoms with E-state index in [0.717, 1.165) is 32.1 Å². The van der Waals surface area contributed by atoms with Gasteiger partial charge in [-0.1, -0.05) is 132 Å². The summed E-state index contributed by atoms with van der Waals surface area (Å²) in [5.41, 5.74) is 0. The van der Waals surface area contributed by atoms with E-state index in [4.69, 9.17) is 18.5 Å². The second-order valence-electron chi connectivity index (χ2n) is 15.6. The highest BCUT2D eigenvalue weighted by molar-refractivity contribution is 7.45. The fourth-order valence-electron chi connectivity index (χ4n) is 5.28. The number of quaternary nitrogens is 1. The van der Waals surface area contributed by atoms with Gasteiger partial charge in [0.15, 0.2) is 6.10 Å². The Morgan fingerprint density at radius 1 is 0.707 bits per heavy atom. The fourth-order valence-corrected chi connectivity index (χ4v) is 6.00. The Bertz CT molecular complexity index is 1250. The molecule has 0 spiro atoms. The van der Waals surface area contributed by atoms with Crippen molar-refractivity contribution < 1.29 is 52.6 Å². The van der Waals surface area contributed by atoms with Crippen molar-refractivity contribution >= 4 is 13.8 Å². The molecule has 0 aliphatic rings. The lowest BCUT2D eigenvalue weighted by Crippen LogP contribution is -2.37. The third kappa shape index (κ3) is 38.9. The van der Waals surface area contributed by atoms with Crippen LogP contribution in [0.3, 0.4) is 0 Å². The number of phosphoric ester groups is 1. The second kappa shape index (κ2) is 37.4. The molecule has 58 heavy (non-hydrogen) atoms. The number of unbranched alkanes of at least 4 members (excludes halogenated alkanes) is 11. The number of ether oxygens (including phenoxy) is 2. The highest BCUT2D eigenvalue weighted by Gasteiger charge is 2.20. The molecule has 0 aliphatic heterocycles. The third-order valence-electron chi connectivity index (χ3n) is 8.86. The first kappa shape index (κ1) is 55.4. The van der Waals surface area contributed by atoms with Crippen LogP contribution in [-0.4, -0.2) is 97.7 Å². The van der Waals surface area contributed by atoms with Gasteiger partial charge in [0, 0.05) is 6.42 Å². The van der Waals surface area contributed by atoms with E-state index in [0.29, 0.717) is 17.4 Å². The van der Waals surface area contributed by atoms with Gasteiger partial charge in [-0.05, 0) is 70.3 Å². The molecule has 1 unspecified atom stereocenters. The van der Waals surface area contributed by atoms with Gasteiger partial charge in [0.1, 0.15) is 19.8 Å². The van der Waals surface area contributed by atoms with E-state index in [1.165, 1.54) is 70.1 Å². The van der Waals surface area contributed by atoms with Crippen LogP contribution in [0.15, 0.2) is 85.3 Å². The van der Waals surface area contributed by atoms with Crippen LogP contribution in [-0.2, 0) is 27.9 Å². The average Bonchev–Trinajstić information content (AvgIpc) is 3.17. The van der Waals surface area contributed by atoms with Crippen molar-refractivity contribution in [2.24, 2.45) is 0 Å². The fraction of sp³-hybridized carbons (Fsp3) is 0.674. The Balaban J connectivity index is 4.65. The van der Waals surface area contributed by atoms with Crippen LogP contribution in [0.25, 0.3) is 0 Å². The SMILES string of the molecule is CC/C=C\C[C@@H](O)/C=C/C=C/C=C\C=C/[C@H](O)[C@@H](O)CCCC(=O)OC[C@H](COP(=O)([O-])OCC[N+](C)(C)C)O/C=C/CCCCCCCC/C=C\CCCCCC. The molecule has 0 amide bonds. The number of carbonyl (C=O) groups excluding carboxylic acids is 1. The second-order valence-corrected chi connectivity index (χ2v) is 17.0. The topological polar surface area (TPSA) is 155 Å². The minimum atomic E-state index is -4.61. The number of esters is 1. The molecular weight excluding hydrogens is 757 g/mol. The largest absolute Gasteiger partial charge is 0.756 e. The first-order valence-corrected chi connectivity index (χ1v) is 23.1. The minimum Gasteiger partial charge on any atom is -0.756 e. The number of phosphoric acid groups is 1. The molecule has 0 bridgehead atoms. The van der Waals surface area contributed by atoms with E-state index < -0.39 is 44.8 Å². The predicted molar refractivity (Wildman–Crippen MR) is 235 cm³/mol. The van der Waals surface area contributed by atoms with Crippen molar-refractivity contribution in [2.75, 3.05) is 47.5 Å². The number of carbonyl (C=O) groups is 1. The number of hydrogen-bond donors (Lipinski definition) is 3. The van der Waals surface area contributed by atoms with Crippen molar-refractivity contribution in [2.45, 2.75) is 154 Å². The number of likely N-dealkylation sites (N-methyl/N-ethyl adjacent to an activating group) is 1. The molecule has 0 saturated carbocycles. The highest BCUT2D eigenvalue weighted by Crippen LogP contribution is 2.38. The van der Waals surface area contributed by atoms with Gasteiger partial charge in [-0.25, -0.2) is 0 Å². The minimum absolute atomic E-state index is 0.0112. The molecule has 0 rings (SSSR count). The van der Waals surface area contributed by atoms with Crippen LogP contribution < -0.4 is 4.89 Å². The Morgan fingerprint density at radius 2 is 1.29 bits per heavy atom. The molecule has 0 aromatic carbocycles. The van der Waals surface area contributed by atoms with Crippen molar-refractivity contribution in [3.63, 3.8) is 0 Å². The zero-order valence-electron chi connectivity index (χ0n) is 36.5. The zero-order valence-corrected chi connectivity index (χ0v) is 37.4. The molecular formula is C46H80NO10P.